The molecule has 0 spiro atoms. The van der Waals surface area contributed by atoms with E-state index in [1.807, 2.05) is 91.4 Å². The van der Waals surface area contributed by atoms with Crippen LogP contribution in [0.3, 0.4) is 0 Å². The summed E-state index contributed by atoms with van der Waals surface area (Å²) in [4.78, 5) is 3.55. The number of methoxy groups -OCH3 is 2. The number of nitrogens with zero attached hydrogens (tertiary/aromatic N) is 1. The zero-order valence-corrected chi connectivity index (χ0v) is 69.4. The number of ether oxygens (including phenoxy) is 8. The van der Waals surface area contributed by atoms with Crippen molar-refractivity contribution in [2.45, 2.75) is 158 Å². The first-order valence-corrected chi connectivity index (χ1v) is 43.1. The highest BCUT2D eigenvalue weighted by Gasteiger charge is 2.48. The number of aliphatic hydroxyl groups is 16. The summed E-state index contributed by atoms with van der Waals surface area (Å²) in [5, 5.41) is 173. The van der Waals surface area contributed by atoms with E-state index < -0.39 is 158 Å². The van der Waals surface area contributed by atoms with Crippen LogP contribution in [-0.4, -0.2) is 293 Å². The first-order valence-electron chi connectivity index (χ1n) is 40.5. The number of hydrogen-bond donors (Lipinski definition) is 21. The number of sulfone groups is 1. The predicted molar refractivity (Wildman–Crippen MR) is 453 cm³/mol. The standard InChI is InChI=1S/C23H30N2O6.C22H27NO8S.C22H27NO6S.C21H26N2O6/c1-25(2)17-5-4-14(23-22(29)21(28)20(27)19(12-26)31-23)11-15(17)9-13-3-6-18-16(10-13)24-7-8-30-18;1-30-16-4-3-13(22-21(27)20(26)19(25)17(11-24)31-22)10-14(16)8-12-2-5-18-15(9-12)23-6-7-32(18,28)29;1-28-16-4-3-13(22-21(27)20(26)19(25)17(11-24)29-22)10-14(16)8-12-2-5-18-15(9-12)23-6-7-30-18;22-14-3-2-12(21-20(27)19(26)18(25)17(10-24)29-21)9-13(14)7-11-1-4-16-15(8-11)23-5-6-28-16/h3-6,10-11,19-24,26-29H,7-9,12H2,1-2H3;2-5,9-10,17,19-27H,6-8,11H2,1H3;2-5,9-10,17,19-27H,6-8,11H2,1H3;1-4,8-9,17-21,23-27H,5-7,10,22H2/t19-,20-,21+,22-,23+;2*17-,19-,20+,21-,22+;17-,18-,19+,20-,21+/m1111/s1. The first-order chi connectivity index (χ1) is 58.6. The molecule has 8 aromatic carbocycles. The minimum Gasteiger partial charge on any atom is -0.496 e. The van der Waals surface area contributed by atoms with Gasteiger partial charge in [-0.15, -0.1) is 11.8 Å². The number of nitrogens with two attached hydrogens (primary N) is 1. The summed E-state index contributed by atoms with van der Waals surface area (Å²) < 4.78 is 69.5. The van der Waals surface area contributed by atoms with Crippen LogP contribution < -0.4 is 50.8 Å². The Balaban J connectivity index is 0.000000140. The zero-order valence-electron chi connectivity index (χ0n) is 67.8. The molecule has 32 nitrogen and oxygen atoms in total. The minimum absolute atomic E-state index is 0.0638. The third kappa shape index (κ3) is 20.4. The van der Waals surface area contributed by atoms with Gasteiger partial charge in [0, 0.05) is 80.8 Å². The van der Waals surface area contributed by atoms with Crippen molar-refractivity contribution in [1.82, 2.24) is 0 Å². The van der Waals surface area contributed by atoms with Crippen LogP contribution in [0.25, 0.3) is 0 Å². The number of benzene rings is 8. The van der Waals surface area contributed by atoms with Crippen LogP contribution in [0, 0.1) is 0 Å². The fourth-order valence-electron chi connectivity index (χ4n) is 16.4. The van der Waals surface area contributed by atoms with Crippen molar-refractivity contribution in [3.05, 3.63) is 212 Å². The molecule has 8 heterocycles. The third-order valence-electron chi connectivity index (χ3n) is 23.0. The lowest BCUT2D eigenvalue weighted by Gasteiger charge is -2.40. The minimum atomic E-state index is -3.29. The largest absolute Gasteiger partial charge is 0.496 e. The second-order valence-corrected chi connectivity index (χ2v) is 34.7. The molecule has 0 aromatic heterocycles. The summed E-state index contributed by atoms with van der Waals surface area (Å²) in [6, 6.07) is 45.1. The molecule has 0 unspecified atom stereocenters. The van der Waals surface area contributed by atoms with Crippen molar-refractivity contribution in [1.29, 1.82) is 0 Å². The average molecular weight is 1730 g/mol. The first kappa shape index (κ1) is 91.0. The SMILES string of the molecule is CN(C)c1ccc([C@@H]2O[C@H](CO)[C@@H](O)[C@H](O)[C@H]2O)cc1Cc1ccc2c(c1)NCCO2.COc1ccc([C@@H]2O[C@H](CO)[C@@H](O)[C@H](O)[C@H]2O)cc1Cc1ccc2c(c1)NCCS2.COc1ccc([C@@H]2O[C@H](CO)[C@@H](O)[C@H](O)[C@H]2O)cc1Cc1ccc2c(c1)NCCS2(=O)=O.Nc1ccc([C@@H]2O[C@H](CO)[C@@H](O)[C@H](O)[C@H]2O)cc1Cc1ccc2c(c1)NCCO2. The van der Waals surface area contributed by atoms with E-state index in [1.165, 1.54) is 12.0 Å². The maximum Gasteiger partial charge on any atom is 0.182 e. The van der Waals surface area contributed by atoms with Crippen molar-refractivity contribution in [3.63, 3.8) is 0 Å². The molecule has 4 saturated heterocycles. The van der Waals surface area contributed by atoms with Crippen LogP contribution in [-0.2, 0) is 54.5 Å². The highest BCUT2D eigenvalue weighted by molar-refractivity contribution is 7.99. The van der Waals surface area contributed by atoms with Crippen molar-refractivity contribution in [2.24, 2.45) is 0 Å². The summed E-state index contributed by atoms with van der Waals surface area (Å²) in [6.45, 7) is 2.24. The number of rotatable bonds is 19. The van der Waals surface area contributed by atoms with Crippen LogP contribution >= 0.6 is 11.8 Å². The van der Waals surface area contributed by atoms with E-state index in [1.54, 1.807) is 67.8 Å². The van der Waals surface area contributed by atoms with Crippen molar-refractivity contribution in [3.8, 4) is 23.0 Å². The summed E-state index contributed by atoms with van der Waals surface area (Å²) in [6.07, 6.45) is -21.7. The molecule has 660 valence electrons. The van der Waals surface area contributed by atoms with Crippen LogP contribution in [0.5, 0.6) is 23.0 Å². The lowest BCUT2D eigenvalue weighted by molar-refractivity contribution is -0.231. The smallest absolute Gasteiger partial charge is 0.182 e. The quantitative estimate of drug-likeness (QED) is 0.0516. The molecule has 4 fully saturated rings. The molecular formula is C88H110N6O26S2. The second-order valence-electron chi connectivity index (χ2n) is 31.5. The van der Waals surface area contributed by atoms with E-state index in [9.17, 15) is 90.1 Å². The van der Waals surface area contributed by atoms with E-state index in [0.717, 1.165) is 104 Å². The molecule has 8 aliphatic heterocycles. The molecule has 0 amide bonds. The third-order valence-corrected chi connectivity index (χ3v) is 25.9. The van der Waals surface area contributed by atoms with Gasteiger partial charge in [0.05, 0.1) is 68.4 Å². The van der Waals surface area contributed by atoms with Crippen LogP contribution in [0.15, 0.2) is 155 Å². The summed E-state index contributed by atoms with van der Waals surface area (Å²) in [5.41, 5.74) is 21.6. The van der Waals surface area contributed by atoms with Gasteiger partial charge < -0.3 is 152 Å². The van der Waals surface area contributed by atoms with Gasteiger partial charge in [-0.3, -0.25) is 0 Å². The summed E-state index contributed by atoms with van der Waals surface area (Å²) >= 11 is 1.84. The highest BCUT2D eigenvalue weighted by atomic mass is 32.2. The van der Waals surface area contributed by atoms with Gasteiger partial charge in [0.2, 0.25) is 0 Å². The van der Waals surface area contributed by atoms with Crippen molar-refractivity contribution >= 4 is 55.7 Å². The van der Waals surface area contributed by atoms with E-state index in [0.29, 0.717) is 90.6 Å². The number of fused-ring (bicyclic) bond motifs is 4. The van der Waals surface area contributed by atoms with E-state index in [2.05, 4.69) is 45.5 Å². The molecular weight excluding hydrogens is 1620 g/mol. The molecule has 8 aliphatic rings. The van der Waals surface area contributed by atoms with E-state index in [-0.39, 0.29) is 10.6 Å². The Morgan fingerprint density at radius 2 is 0.762 bits per heavy atom. The van der Waals surface area contributed by atoms with Gasteiger partial charge >= 0.3 is 0 Å². The van der Waals surface area contributed by atoms with Crippen molar-refractivity contribution < 1.29 is 128 Å². The van der Waals surface area contributed by atoms with Gasteiger partial charge in [0.1, 0.15) is 158 Å². The van der Waals surface area contributed by atoms with E-state index >= 15 is 0 Å². The Hall–Kier alpha value is -8.74. The van der Waals surface area contributed by atoms with Crippen LogP contribution in [0.1, 0.15) is 91.2 Å². The molecule has 0 radical (unpaired) electrons. The average Bonchev–Trinajstić information content (AvgIpc) is 0.791. The monoisotopic (exact) mass is 1730 g/mol. The maximum atomic E-state index is 12.2. The highest BCUT2D eigenvalue weighted by Crippen LogP contribution is 2.43. The fraction of sp³-hybridized carbons (Fsp3) is 0.455. The molecule has 0 saturated carbocycles. The molecule has 8 aromatic rings. The zero-order chi connectivity index (χ0) is 87.0. The molecule has 16 rings (SSSR count). The fourth-order valence-corrected chi connectivity index (χ4v) is 18.6. The number of nitrogens with one attached hydrogen (secondary N) is 4. The van der Waals surface area contributed by atoms with Gasteiger partial charge in [-0.2, -0.15) is 0 Å². The normalized spacial score (nSPS) is 28.6. The summed E-state index contributed by atoms with van der Waals surface area (Å²) in [7, 11) is 3.79. The molecule has 122 heavy (non-hydrogen) atoms. The molecule has 22 N–H and O–H groups in total. The maximum absolute atomic E-state index is 12.2. The second kappa shape index (κ2) is 40.5. The number of hydrogen-bond acceptors (Lipinski definition) is 33. The van der Waals surface area contributed by atoms with Gasteiger partial charge in [-0.05, 0) is 165 Å². The predicted octanol–water partition coefficient (Wildman–Crippen LogP) is 2.16. The molecule has 0 aliphatic carbocycles. The van der Waals surface area contributed by atoms with Gasteiger partial charge in [-0.25, -0.2) is 8.42 Å². The Morgan fingerprint density at radius 1 is 0.402 bits per heavy atom. The Labute approximate surface area is 710 Å². The van der Waals surface area contributed by atoms with Crippen LogP contribution in [0.4, 0.5) is 34.1 Å². The number of anilines is 6. The van der Waals surface area contributed by atoms with E-state index in [4.69, 9.17) is 43.6 Å². The van der Waals surface area contributed by atoms with Crippen LogP contribution in [0.2, 0.25) is 0 Å². The van der Waals surface area contributed by atoms with Gasteiger partial charge in [0.15, 0.2) is 9.84 Å². The number of nitrogen functional groups attached to an aromatic ring is 1. The summed E-state index contributed by atoms with van der Waals surface area (Å²) in [5.74, 6) is 4.09. The van der Waals surface area contributed by atoms with Gasteiger partial charge in [0.25, 0.3) is 0 Å². The Bertz CT molecular complexity index is 4990. The Morgan fingerprint density at radius 3 is 1.20 bits per heavy atom. The Kier molecular flexibility index (Phi) is 30.2. The lowest BCUT2D eigenvalue weighted by Crippen LogP contribution is -2.55. The lowest BCUT2D eigenvalue weighted by atomic mass is 9.89. The molecule has 20 atom stereocenters. The molecule has 34 heteroatoms. The van der Waals surface area contributed by atoms with Gasteiger partial charge in [-0.1, -0.05) is 60.7 Å². The van der Waals surface area contributed by atoms with Crippen molar-refractivity contribution in [2.75, 3.05) is 138 Å². The number of aliphatic hydroxyl groups excluding tert-OH is 16. The molecule has 0 bridgehead atoms. The topological polar surface area (TPSA) is 509 Å². The number of thioether (sulfide) groups is 1.